The summed E-state index contributed by atoms with van der Waals surface area (Å²) in [6.45, 7) is 4.25. The molecule has 0 radical (unpaired) electrons. The molecule has 208 valence electrons. The van der Waals surface area contributed by atoms with Gasteiger partial charge in [0.2, 0.25) is 24.3 Å². The third-order valence-electron chi connectivity index (χ3n) is 6.34. The quantitative estimate of drug-likeness (QED) is 0.144. The van der Waals surface area contributed by atoms with Gasteiger partial charge >= 0.3 is 0 Å². The molecule has 0 saturated heterocycles. The van der Waals surface area contributed by atoms with Gasteiger partial charge in [-0.2, -0.15) is 20.0 Å². The molecule has 0 N–H and O–H groups in total. The van der Waals surface area contributed by atoms with Gasteiger partial charge in [-0.05, 0) is 88.7 Å². The van der Waals surface area contributed by atoms with E-state index in [1.807, 2.05) is 48.5 Å². The van der Waals surface area contributed by atoms with E-state index in [1.165, 1.54) is 17.7 Å². The maximum atomic E-state index is 10.7. The topological polar surface area (TPSA) is 118 Å². The van der Waals surface area contributed by atoms with Gasteiger partial charge in [-0.15, -0.1) is 0 Å². The van der Waals surface area contributed by atoms with Crippen molar-refractivity contribution in [1.29, 1.82) is 0 Å². The van der Waals surface area contributed by atoms with E-state index in [1.54, 1.807) is 48.6 Å². The van der Waals surface area contributed by atoms with Crippen molar-refractivity contribution in [2.75, 3.05) is 0 Å². The number of hydrogen-bond donors (Lipinski definition) is 0. The number of isocyanates is 4. The maximum Gasteiger partial charge on any atom is 0.240 e. The average Bonchev–Trinajstić information content (AvgIpc) is 3.01. The minimum absolute atomic E-state index is 0.566. The number of carbonyl (C=O) groups excluding carboxylic acids is 4. The average molecular weight is 557 g/mol. The smallest absolute Gasteiger partial charge is 0.211 e. The summed E-state index contributed by atoms with van der Waals surface area (Å²) in [5.41, 5.74) is 8.93. The van der Waals surface area contributed by atoms with Crippen molar-refractivity contribution in [2.45, 2.75) is 39.5 Å². The van der Waals surface area contributed by atoms with Gasteiger partial charge in [0, 0.05) is 0 Å². The van der Waals surface area contributed by atoms with E-state index in [9.17, 15) is 19.2 Å². The molecule has 0 saturated carbocycles. The molecule has 0 unspecified atom stereocenters. The Labute approximate surface area is 243 Å². The third kappa shape index (κ3) is 8.45. The van der Waals surface area contributed by atoms with Gasteiger partial charge in [0.25, 0.3) is 0 Å². The van der Waals surface area contributed by atoms with Crippen molar-refractivity contribution < 1.29 is 19.2 Å². The first-order valence-electron chi connectivity index (χ1n) is 13.4. The van der Waals surface area contributed by atoms with E-state index in [4.69, 9.17) is 0 Å². The number of nitrogens with zero attached hydrogens (tertiary/aromatic N) is 4. The Morgan fingerprint density at radius 3 is 1.21 bits per heavy atom. The molecular formula is C34H28N4O4. The molecule has 0 spiro atoms. The number of hydrogen-bond acceptors (Lipinski definition) is 8. The zero-order valence-corrected chi connectivity index (χ0v) is 23.3. The van der Waals surface area contributed by atoms with Crippen LogP contribution in [0.5, 0.6) is 0 Å². The first kappa shape index (κ1) is 30.9. The van der Waals surface area contributed by atoms with E-state index in [-0.39, 0.29) is 0 Å². The van der Waals surface area contributed by atoms with Crippen LogP contribution in [0, 0.1) is 0 Å². The standard InChI is InChI=1S/C20H20N2O2.C14H8N2O2/c1-3-5-18-17(15-7-9-16(10-8-15)21-13-23)11-12-20(22-14-24)19(18)6-4-2;17-9-15-13-5-1-11(2-6-13)12-3-7-14(8-4-12)16-10-18/h7-12H,3-6H2,1-2H3;1-8H. The summed E-state index contributed by atoms with van der Waals surface area (Å²) in [7, 11) is 0. The van der Waals surface area contributed by atoms with E-state index in [2.05, 4.69) is 33.8 Å². The van der Waals surface area contributed by atoms with Crippen LogP contribution < -0.4 is 0 Å². The molecule has 0 atom stereocenters. The highest BCUT2D eigenvalue weighted by atomic mass is 16.1. The molecule has 4 aromatic rings. The Morgan fingerprint density at radius 1 is 0.452 bits per heavy atom. The predicted molar refractivity (Wildman–Crippen MR) is 163 cm³/mol. The molecule has 0 aromatic heterocycles. The lowest BCUT2D eigenvalue weighted by Crippen LogP contribution is -1.98. The maximum absolute atomic E-state index is 10.7. The Hall–Kier alpha value is -5.60. The Balaban J connectivity index is 0.000000240. The van der Waals surface area contributed by atoms with Crippen LogP contribution in [0.25, 0.3) is 22.3 Å². The molecule has 0 amide bonds. The van der Waals surface area contributed by atoms with Gasteiger partial charge in [-0.3, -0.25) is 0 Å². The summed E-state index contributed by atoms with van der Waals surface area (Å²) < 4.78 is 0. The largest absolute Gasteiger partial charge is 0.240 e. The lowest BCUT2D eigenvalue weighted by molar-refractivity contribution is 0.564. The Kier molecular flexibility index (Phi) is 12.1. The van der Waals surface area contributed by atoms with E-state index in [0.29, 0.717) is 22.7 Å². The second-order valence-corrected chi connectivity index (χ2v) is 9.04. The molecule has 42 heavy (non-hydrogen) atoms. The highest BCUT2D eigenvalue weighted by Crippen LogP contribution is 2.35. The summed E-state index contributed by atoms with van der Waals surface area (Å²) in [4.78, 5) is 55.8. The fourth-order valence-electron chi connectivity index (χ4n) is 4.50. The molecule has 4 aromatic carbocycles. The van der Waals surface area contributed by atoms with Gasteiger partial charge in [0.1, 0.15) is 0 Å². The molecular weight excluding hydrogens is 528 g/mol. The third-order valence-corrected chi connectivity index (χ3v) is 6.34. The van der Waals surface area contributed by atoms with Gasteiger partial charge in [0.15, 0.2) is 0 Å². The number of benzene rings is 4. The normalized spacial score (nSPS) is 9.57. The van der Waals surface area contributed by atoms with Crippen LogP contribution in [0.3, 0.4) is 0 Å². The fourth-order valence-corrected chi connectivity index (χ4v) is 4.50. The predicted octanol–water partition coefficient (Wildman–Crippen LogP) is 8.48. The molecule has 4 rings (SSSR count). The van der Waals surface area contributed by atoms with Crippen LogP contribution >= 0.6 is 0 Å². The van der Waals surface area contributed by atoms with Crippen LogP contribution in [-0.4, -0.2) is 24.3 Å². The Morgan fingerprint density at radius 2 is 0.833 bits per heavy atom. The molecule has 0 bridgehead atoms. The second kappa shape index (κ2) is 16.5. The SMILES string of the molecule is CCCc1c(N=C=O)ccc(-c2ccc(N=C=O)cc2)c1CCC.O=C=Nc1ccc(-c2ccc(N=C=O)cc2)cc1. The van der Waals surface area contributed by atoms with Crippen molar-refractivity contribution in [3.05, 3.63) is 96.1 Å². The first-order valence-corrected chi connectivity index (χ1v) is 13.4. The van der Waals surface area contributed by atoms with Crippen molar-refractivity contribution in [3.63, 3.8) is 0 Å². The monoisotopic (exact) mass is 556 g/mol. The summed E-state index contributed by atoms with van der Waals surface area (Å²) in [5.74, 6) is 0. The van der Waals surface area contributed by atoms with Crippen molar-refractivity contribution in [2.24, 2.45) is 20.0 Å². The van der Waals surface area contributed by atoms with Crippen LogP contribution in [0.4, 0.5) is 22.7 Å². The van der Waals surface area contributed by atoms with Crippen molar-refractivity contribution in [1.82, 2.24) is 0 Å². The lowest BCUT2D eigenvalue weighted by Gasteiger charge is -2.16. The van der Waals surface area contributed by atoms with Gasteiger partial charge in [-0.25, -0.2) is 19.2 Å². The fraction of sp³-hybridized carbons (Fsp3) is 0.176. The van der Waals surface area contributed by atoms with Crippen LogP contribution in [0.1, 0.15) is 37.8 Å². The van der Waals surface area contributed by atoms with E-state index >= 15 is 0 Å². The van der Waals surface area contributed by atoms with Crippen molar-refractivity contribution >= 4 is 47.1 Å². The highest BCUT2D eigenvalue weighted by molar-refractivity contribution is 5.74. The number of aliphatic imine (C=N–C) groups is 4. The van der Waals surface area contributed by atoms with Crippen LogP contribution in [0.2, 0.25) is 0 Å². The zero-order chi connectivity index (χ0) is 30.2. The zero-order valence-electron chi connectivity index (χ0n) is 23.3. The minimum atomic E-state index is 0.566. The van der Waals surface area contributed by atoms with E-state index in [0.717, 1.165) is 53.5 Å². The molecule has 0 heterocycles. The molecule has 0 aliphatic heterocycles. The summed E-state index contributed by atoms with van der Waals surface area (Å²) in [6, 6.07) is 25.7. The Bertz CT molecular complexity index is 1630. The summed E-state index contributed by atoms with van der Waals surface area (Å²) in [6.07, 6.45) is 9.96. The van der Waals surface area contributed by atoms with Gasteiger partial charge in [-0.1, -0.05) is 69.2 Å². The molecule has 8 heteroatoms. The summed E-state index contributed by atoms with van der Waals surface area (Å²) >= 11 is 0. The first-order chi connectivity index (χ1) is 20.6. The lowest BCUT2D eigenvalue weighted by atomic mass is 9.89. The molecule has 0 aliphatic rings. The summed E-state index contributed by atoms with van der Waals surface area (Å²) in [5, 5.41) is 0. The van der Waals surface area contributed by atoms with Crippen LogP contribution in [-0.2, 0) is 32.0 Å². The number of rotatable bonds is 10. The van der Waals surface area contributed by atoms with Crippen molar-refractivity contribution in [3.8, 4) is 22.3 Å². The van der Waals surface area contributed by atoms with Crippen LogP contribution in [0.15, 0.2) is 105 Å². The second-order valence-electron chi connectivity index (χ2n) is 9.04. The molecule has 0 fully saturated rings. The van der Waals surface area contributed by atoms with Gasteiger partial charge in [0.05, 0.1) is 22.7 Å². The van der Waals surface area contributed by atoms with Gasteiger partial charge < -0.3 is 0 Å². The van der Waals surface area contributed by atoms with E-state index < -0.39 is 0 Å². The highest BCUT2D eigenvalue weighted by Gasteiger charge is 2.14. The minimum Gasteiger partial charge on any atom is -0.211 e. The molecule has 8 nitrogen and oxygen atoms in total. The molecule has 0 aliphatic carbocycles.